The fourth-order valence-corrected chi connectivity index (χ4v) is 2.95. The van der Waals surface area contributed by atoms with E-state index in [2.05, 4.69) is 15.2 Å². The van der Waals surface area contributed by atoms with E-state index in [1.807, 2.05) is 47.0 Å². The zero-order valence-electron chi connectivity index (χ0n) is 12.1. The van der Waals surface area contributed by atoms with Crippen LogP contribution in [-0.4, -0.2) is 31.5 Å². The number of pyridine rings is 1. The first kappa shape index (κ1) is 15.2. The summed E-state index contributed by atoms with van der Waals surface area (Å²) in [5.41, 5.74) is 1.75. The third-order valence-corrected chi connectivity index (χ3v) is 4.04. The van der Waals surface area contributed by atoms with Gasteiger partial charge in [-0.05, 0) is 30.7 Å². The third-order valence-electron chi connectivity index (χ3n) is 3.10. The molecule has 23 heavy (non-hydrogen) atoms. The van der Waals surface area contributed by atoms with Gasteiger partial charge in [0.05, 0.1) is 0 Å². The first-order valence-electron chi connectivity index (χ1n) is 6.99. The summed E-state index contributed by atoms with van der Waals surface area (Å²) < 4.78 is 1.90. The number of carboxylic acid groups (broad SMARTS) is 1. The molecule has 0 amide bonds. The number of hydrogen-bond donors (Lipinski definition) is 0. The van der Waals surface area contributed by atoms with Gasteiger partial charge in [0.15, 0.2) is 11.0 Å². The molecule has 0 aliphatic rings. The number of para-hydroxylation sites is 1. The molecule has 6 nitrogen and oxygen atoms in total. The second kappa shape index (κ2) is 7.06. The predicted molar refractivity (Wildman–Crippen MR) is 84.9 cm³/mol. The van der Waals surface area contributed by atoms with Gasteiger partial charge in [0, 0.05) is 35.4 Å². The molecule has 0 unspecified atom stereocenters. The number of hydrogen-bond acceptors (Lipinski definition) is 6. The van der Waals surface area contributed by atoms with Gasteiger partial charge < -0.3 is 9.90 Å². The number of carbonyl (C=O) groups excluding carboxylic acids is 1. The highest BCUT2D eigenvalue weighted by Crippen LogP contribution is 2.27. The van der Waals surface area contributed by atoms with Gasteiger partial charge in [-0.25, -0.2) is 0 Å². The maximum absolute atomic E-state index is 10.6. The van der Waals surface area contributed by atoms with Crippen molar-refractivity contribution in [3.63, 3.8) is 0 Å². The zero-order chi connectivity index (χ0) is 16.1. The lowest BCUT2D eigenvalue weighted by molar-refractivity contribution is -0.305. The van der Waals surface area contributed by atoms with Crippen molar-refractivity contribution in [2.75, 3.05) is 5.75 Å². The van der Waals surface area contributed by atoms with Crippen molar-refractivity contribution in [3.8, 4) is 17.1 Å². The first-order valence-corrected chi connectivity index (χ1v) is 7.98. The average molecular weight is 325 g/mol. The van der Waals surface area contributed by atoms with Crippen molar-refractivity contribution >= 4 is 17.7 Å². The van der Waals surface area contributed by atoms with Crippen LogP contribution in [-0.2, 0) is 4.79 Å². The lowest BCUT2D eigenvalue weighted by atomic mass is 10.2. The molecule has 0 fully saturated rings. The highest BCUT2D eigenvalue weighted by molar-refractivity contribution is 7.99. The summed E-state index contributed by atoms with van der Waals surface area (Å²) in [6, 6.07) is 13.4. The molecule has 7 heteroatoms. The summed E-state index contributed by atoms with van der Waals surface area (Å²) in [4.78, 5) is 14.7. The molecule has 0 atom stereocenters. The second-order valence-electron chi connectivity index (χ2n) is 4.69. The zero-order valence-corrected chi connectivity index (χ0v) is 12.9. The molecule has 3 rings (SSSR count). The standard InChI is InChI=1S/C16H14N4O2S/c21-14(22)8-10-23-16-19-18-15(12-5-4-9-17-11-12)20(16)13-6-2-1-3-7-13/h1-7,9,11H,8,10H2,(H,21,22)/p-1. The molecule has 116 valence electrons. The van der Waals surface area contributed by atoms with Gasteiger partial charge in [0.25, 0.3) is 0 Å². The average Bonchev–Trinajstić information content (AvgIpc) is 3.00. The Morgan fingerprint density at radius 3 is 2.65 bits per heavy atom. The van der Waals surface area contributed by atoms with Gasteiger partial charge in [-0.3, -0.25) is 9.55 Å². The number of rotatable bonds is 6. The fourth-order valence-electron chi connectivity index (χ4n) is 2.08. The van der Waals surface area contributed by atoms with Crippen molar-refractivity contribution in [2.45, 2.75) is 11.6 Å². The number of aromatic nitrogens is 4. The van der Waals surface area contributed by atoms with Crippen LogP contribution < -0.4 is 5.11 Å². The van der Waals surface area contributed by atoms with Crippen molar-refractivity contribution in [1.29, 1.82) is 0 Å². The molecule has 2 aromatic heterocycles. The monoisotopic (exact) mass is 325 g/mol. The van der Waals surface area contributed by atoms with E-state index in [4.69, 9.17) is 0 Å². The highest BCUT2D eigenvalue weighted by atomic mass is 32.2. The van der Waals surface area contributed by atoms with Crippen LogP contribution in [0.1, 0.15) is 6.42 Å². The molecule has 0 saturated heterocycles. The Morgan fingerprint density at radius 1 is 1.13 bits per heavy atom. The summed E-state index contributed by atoms with van der Waals surface area (Å²) in [7, 11) is 0. The number of carboxylic acids is 1. The predicted octanol–water partition coefficient (Wildman–Crippen LogP) is 1.56. The van der Waals surface area contributed by atoms with Crippen LogP contribution in [0.4, 0.5) is 0 Å². The molecule has 1 aromatic carbocycles. The molecular weight excluding hydrogens is 312 g/mol. The summed E-state index contributed by atoms with van der Waals surface area (Å²) >= 11 is 1.33. The van der Waals surface area contributed by atoms with Crippen LogP contribution >= 0.6 is 11.8 Å². The van der Waals surface area contributed by atoms with E-state index in [1.165, 1.54) is 11.8 Å². The van der Waals surface area contributed by atoms with Crippen LogP contribution in [0.25, 0.3) is 17.1 Å². The maximum Gasteiger partial charge on any atom is 0.196 e. The van der Waals surface area contributed by atoms with Gasteiger partial charge in [-0.2, -0.15) is 0 Å². The lowest BCUT2D eigenvalue weighted by Crippen LogP contribution is -2.22. The van der Waals surface area contributed by atoms with E-state index in [1.54, 1.807) is 12.4 Å². The van der Waals surface area contributed by atoms with Crippen LogP contribution in [0.2, 0.25) is 0 Å². The minimum absolute atomic E-state index is 0.0332. The van der Waals surface area contributed by atoms with Gasteiger partial charge in [0.2, 0.25) is 0 Å². The van der Waals surface area contributed by atoms with E-state index < -0.39 is 5.97 Å². The maximum atomic E-state index is 10.6. The van der Waals surface area contributed by atoms with E-state index in [-0.39, 0.29) is 6.42 Å². The van der Waals surface area contributed by atoms with E-state index in [0.29, 0.717) is 16.7 Å². The van der Waals surface area contributed by atoms with Gasteiger partial charge in [-0.1, -0.05) is 30.0 Å². The number of nitrogens with zero attached hydrogens (tertiary/aromatic N) is 4. The highest BCUT2D eigenvalue weighted by Gasteiger charge is 2.15. The summed E-state index contributed by atoms with van der Waals surface area (Å²) in [6.45, 7) is 0. The smallest absolute Gasteiger partial charge is 0.196 e. The van der Waals surface area contributed by atoms with Crippen LogP contribution in [0, 0.1) is 0 Å². The van der Waals surface area contributed by atoms with Gasteiger partial charge >= 0.3 is 0 Å². The van der Waals surface area contributed by atoms with Gasteiger partial charge in [-0.15, -0.1) is 10.2 Å². The molecule has 0 aliphatic carbocycles. The minimum Gasteiger partial charge on any atom is -0.550 e. The van der Waals surface area contributed by atoms with Crippen LogP contribution in [0.5, 0.6) is 0 Å². The number of thioether (sulfide) groups is 1. The van der Waals surface area contributed by atoms with E-state index >= 15 is 0 Å². The third kappa shape index (κ3) is 3.57. The Balaban J connectivity index is 2.00. The van der Waals surface area contributed by atoms with Crippen LogP contribution in [0.15, 0.2) is 60.0 Å². The van der Waals surface area contributed by atoms with Crippen molar-refractivity contribution in [1.82, 2.24) is 19.7 Å². The summed E-state index contributed by atoms with van der Waals surface area (Å²) in [5.74, 6) is -0.0311. The normalized spacial score (nSPS) is 10.6. The van der Waals surface area contributed by atoms with Crippen molar-refractivity contribution in [2.24, 2.45) is 0 Å². The SMILES string of the molecule is O=C([O-])CCSc1nnc(-c2cccnc2)n1-c1ccccc1. The van der Waals surface area contributed by atoms with Crippen LogP contribution in [0.3, 0.4) is 0 Å². The Labute approximate surface area is 137 Å². The lowest BCUT2D eigenvalue weighted by Gasteiger charge is -2.10. The minimum atomic E-state index is -1.07. The first-order chi connectivity index (χ1) is 11.3. The summed E-state index contributed by atoms with van der Waals surface area (Å²) in [5, 5.41) is 19.7. The van der Waals surface area contributed by atoms with Crippen molar-refractivity contribution in [3.05, 3.63) is 54.9 Å². The second-order valence-corrected chi connectivity index (χ2v) is 5.75. The number of aliphatic carboxylic acids is 1. The van der Waals surface area contributed by atoms with Gasteiger partial charge in [0.1, 0.15) is 0 Å². The summed E-state index contributed by atoms with van der Waals surface area (Å²) in [6.07, 6.45) is 3.38. The molecule has 0 aliphatic heterocycles. The van der Waals surface area contributed by atoms with E-state index in [0.717, 1.165) is 11.3 Å². The number of carbonyl (C=O) groups is 1. The molecule has 2 heterocycles. The largest absolute Gasteiger partial charge is 0.550 e. The topological polar surface area (TPSA) is 83.7 Å². The molecular formula is C16H13N4O2S-. The van der Waals surface area contributed by atoms with E-state index in [9.17, 15) is 9.90 Å². The molecule has 3 aromatic rings. The molecule has 0 saturated carbocycles. The molecule has 0 N–H and O–H groups in total. The fraction of sp³-hybridized carbons (Fsp3) is 0.125. The molecule has 0 spiro atoms. The molecule has 0 radical (unpaired) electrons. The number of benzene rings is 1. The Morgan fingerprint density at radius 2 is 1.96 bits per heavy atom. The quantitative estimate of drug-likeness (QED) is 0.640. The van der Waals surface area contributed by atoms with Crippen molar-refractivity contribution < 1.29 is 9.90 Å². The Hall–Kier alpha value is -2.67. The Bertz CT molecular complexity index is 790. The molecule has 0 bridgehead atoms. The Kier molecular flexibility index (Phi) is 4.68.